The van der Waals surface area contributed by atoms with Crippen molar-refractivity contribution >= 4 is 30.1 Å². The van der Waals surface area contributed by atoms with Crippen LogP contribution in [0.15, 0.2) is 48.5 Å². The van der Waals surface area contributed by atoms with Gasteiger partial charge in [-0.05, 0) is 49.1 Å². The molecule has 0 saturated carbocycles. The van der Waals surface area contributed by atoms with Crippen LogP contribution in [0.5, 0.6) is 0 Å². The Kier molecular flexibility index (Phi) is 6.90. The number of benzene rings is 2. The maximum Gasteiger partial charge on any atom is 0.261 e. The number of fused-ring (bicyclic) bond motifs is 1. The zero-order chi connectivity index (χ0) is 20.4. The van der Waals surface area contributed by atoms with Crippen LogP contribution in [0.2, 0.25) is 0 Å². The second-order valence-electron chi connectivity index (χ2n) is 7.81. The second-order valence-corrected chi connectivity index (χ2v) is 7.81. The molecule has 2 N–H and O–H groups in total. The van der Waals surface area contributed by atoms with E-state index in [1.165, 1.54) is 4.90 Å². The molecule has 158 valence electrons. The Balaban J connectivity index is 0.00000256. The number of carbonyl (C=O) groups excluding carboxylic acids is 3. The molecule has 2 heterocycles. The number of piperidine rings is 1. The molecule has 0 aliphatic carbocycles. The molecule has 2 aliphatic heterocycles. The predicted octanol–water partition coefficient (Wildman–Crippen LogP) is 2.67. The first-order chi connectivity index (χ1) is 14.0. The van der Waals surface area contributed by atoms with Gasteiger partial charge in [0, 0.05) is 24.7 Å². The zero-order valence-electron chi connectivity index (χ0n) is 16.9. The Bertz CT molecular complexity index is 948. The number of halogens is 1. The number of carbonyl (C=O) groups is 3. The molecule has 30 heavy (non-hydrogen) atoms. The lowest BCUT2D eigenvalue weighted by Crippen LogP contribution is -2.50. The maximum absolute atomic E-state index is 12.8. The number of hydrogen-bond acceptors (Lipinski definition) is 4. The fourth-order valence-corrected chi connectivity index (χ4v) is 3.96. The van der Waals surface area contributed by atoms with E-state index in [1.54, 1.807) is 18.2 Å². The van der Waals surface area contributed by atoms with E-state index in [1.807, 2.05) is 30.3 Å². The topological polar surface area (TPSA) is 78.5 Å². The third-order valence-corrected chi connectivity index (χ3v) is 5.84. The Morgan fingerprint density at radius 2 is 1.83 bits per heavy atom. The first-order valence-electron chi connectivity index (χ1n) is 10.1. The minimum absolute atomic E-state index is 0. The second kappa shape index (κ2) is 9.41. The van der Waals surface area contributed by atoms with Gasteiger partial charge in [-0.15, -0.1) is 12.4 Å². The van der Waals surface area contributed by atoms with Crippen molar-refractivity contribution in [2.24, 2.45) is 5.92 Å². The molecule has 6 nitrogen and oxygen atoms in total. The number of rotatable bonds is 5. The number of hydrogen-bond donors (Lipinski definition) is 2. The van der Waals surface area contributed by atoms with Gasteiger partial charge in [0.25, 0.3) is 17.7 Å². The molecule has 3 amide bonds. The van der Waals surface area contributed by atoms with E-state index in [0.29, 0.717) is 35.6 Å². The van der Waals surface area contributed by atoms with Crippen LogP contribution in [0.4, 0.5) is 0 Å². The normalized spacial score (nSPS) is 20.5. The van der Waals surface area contributed by atoms with E-state index in [-0.39, 0.29) is 36.2 Å². The largest absolute Gasteiger partial charge is 0.348 e. The van der Waals surface area contributed by atoms with Crippen molar-refractivity contribution in [1.29, 1.82) is 0 Å². The molecular formula is C23H26ClN3O3. The molecule has 2 unspecified atom stereocenters. The van der Waals surface area contributed by atoms with Crippen molar-refractivity contribution in [2.75, 3.05) is 19.6 Å². The molecule has 0 bridgehead atoms. The van der Waals surface area contributed by atoms with Gasteiger partial charge in [0.05, 0.1) is 11.1 Å². The van der Waals surface area contributed by atoms with Crippen LogP contribution in [-0.2, 0) is 6.42 Å². The molecule has 4 rings (SSSR count). The number of nitrogens with zero attached hydrogens (tertiary/aromatic N) is 1. The van der Waals surface area contributed by atoms with E-state index in [0.717, 1.165) is 25.1 Å². The summed E-state index contributed by atoms with van der Waals surface area (Å²) in [5.74, 6) is -0.441. The van der Waals surface area contributed by atoms with E-state index in [9.17, 15) is 14.4 Å². The minimum atomic E-state index is -0.330. The zero-order valence-corrected chi connectivity index (χ0v) is 17.7. The Morgan fingerprint density at radius 3 is 2.57 bits per heavy atom. The average molecular weight is 428 g/mol. The average Bonchev–Trinajstić information content (AvgIpc) is 2.98. The lowest BCUT2D eigenvalue weighted by molar-refractivity contribution is 0.0656. The summed E-state index contributed by atoms with van der Waals surface area (Å²) in [5, 5.41) is 6.34. The van der Waals surface area contributed by atoms with Crippen molar-refractivity contribution in [1.82, 2.24) is 15.5 Å². The van der Waals surface area contributed by atoms with Crippen molar-refractivity contribution in [3.05, 3.63) is 70.8 Å². The van der Waals surface area contributed by atoms with Crippen LogP contribution < -0.4 is 10.6 Å². The quantitative estimate of drug-likeness (QED) is 0.719. The molecule has 1 saturated heterocycles. The van der Waals surface area contributed by atoms with E-state index in [4.69, 9.17) is 0 Å². The Hall–Kier alpha value is -2.70. The van der Waals surface area contributed by atoms with Crippen molar-refractivity contribution in [3.8, 4) is 0 Å². The van der Waals surface area contributed by atoms with Gasteiger partial charge >= 0.3 is 0 Å². The molecular weight excluding hydrogens is 402 g/mol. The molecule has 7 heteroatoms. The van der Waals surface area contributed by atoms with E-state index >= 15 is 0 Å². The summed E-state index contributed by atoms with van der Waals surface area (Å²) in [6.45, 7) is 4.15. The van der Waals surface area contributed by atoms with E-state index < -0.39 is 0 Å². The highest BCUT2D eigenvalue weighted by Crippen LogP contribution is 2.24. The van der Waals surface area contributed by atoms with Gasteiger partial charge in [-0.2, -0.15) is 0 Å². The molecule has 0 aromatic heterocycles. The summed E-state index contributed by atoms with van der Waals surface area (Å²) in [7, 11) is 0. The first kappa shape index (κ1) is 22.0. The number of nitrogens with one attached hydrogen (secondary N) is 2. The van der Waals surface area contributed by atoms with Crippen LogP contribution in [-0.4, -0.2) is 48.3 Å². The van der Waals surface area contributed by atoms with Crippen LogP contribution in [0, 0.1) is 5.92 Å². The lowest BCUT2D eigenvalue weighted by Gasteiger charge is -2.30. The minimum Gasteiger partial charge on any atom is -0.348 e. The van der Waals surface area contributed by atoms with Gasteiger partial charge in [0.15, 0.2) is 0 Å². The molecule has 1 fully saturated rings. The number of amides is 3. The molecule has 2 aromatic rings. The first-order valence-corrected chi connectivity index (χ1v) is 10.1. The summed E-state index contributed by atoms with van der Waals surface area (Å²) in [6.07, 6.45) is 1.62. The molecule has 2 atom stereocenters. The SMILES string of the molecule is CC1CCNCC1NC(=O)c1ccc2c(c1)C(=O)N(CCc1ccccc1)C2=O.Cl. The standard InChI is InChI=1S/C23H25N3O3.ClH/c1-15-9-11-24-14-20(15)25-21(27)17-7-8-18-19(13-17)23(29)26(22(18)28)12-10-16-5-3-2-4-6-16;/h2-8,13,15,20,24H,9-12,14H2,1H3,(H,25,27);1H. The molecule has 2 aromatic carbocycles. The fourth-order valence-electron chi connectivity index (χ4n) is 3.96. The molecule has 0 spiro atoms. The number of imide groups is 1. The Labute approximate surface area is 182 Å². The third-order valence-electron chi connectivity index (χ3n) is 5.84. The maximum atomic E-state index is 12.8. The van der Waals surface area contributed by atoms with Gasteiger partial charge in [-0.1, -0.05) is 37.3 Å². The summed E-state index contributed by atoms with van der Waals surface area (Å²) in [5.41, 5.74) is 2.16. The van der Waals surface area contributed by atoms with Crippen molar-refractivity contribution in [2.45, 2.75) is 25.8 Å². The highest BCUT2D eigenvalue weighted by atomic mass is 35.5. The highest BCUT2D eigenvalue weighted by molar-refractivity contribution is 6.22. The summed E-state index contributed by atoms with van der Waals surface area (Å²) in [6, 6.07) is 14.6. The van der Waals surface area contributed by atoms with Crippen LogP contribution >= 0.6 is 12.4 Å². The monoisotopic (exact) mass is 427 g/mol. The molecule has 0 radical (unpaired) electrons. The van der Waals surface area contributed by atoms with Crippen LogP contribution in [0.1, 0.15) is 50.0 Å². The lowest BCUT2D eigenvalue weighted by atomic mass is 9.94. The molecule has 2 aliphatic rings. The van der Waals surface area contributed by atoms with Gasteiger partial charge in [-0.25, -0.2) is 0 Å². The highest BCUT2D eigenvalue weighted by Gasteiger charge is 2.36. The summed E-state index contributed by atoms with van der Waals surface area (Å²) < 4.78 is 0. The van der Waals surface area contributed by atoms with Gasteiger partial charge in [0.1, 0.15) is 0 Å². The third kappa shape index (κ3) is 4.40. The van der Waals surface area contributed by atoms with Gasteiger partial charge in [0.2, 0.25) is 0 Å². The summed E-state index contributed by atoms with van der Waals surface area (Å²) in [4.78, 5) is 39.4. The van der Waals surface area contributed by atoms with Gasteiger partial charge < -0.3 is 10.6 Å². The smallest absolute Gasteiger partial charge is 0.261 e. The Morgan fingerprint density at radius 1 is 1.10 bits per heavy atom. The fraction of sp³-hybridized carbons (Fsp3) is 0.348. The van der Waals surface area contributed by atoms with Gasteiger partial charge in [-0.3, -0.25) is 19.3 Å². The van der Waals surface area contributed by atoms with Crippen molar-refractivity contribution in [3.63, 3.8) is 0 Å². The predicted molar refractivity (Wildman–Crippen MR) is 117 cm³/mol. The summed E-state index contributed by atoms with van der Waals surface area (Å²) >= 11 is 0. The van der Waals surface area contributed by atoms with Crippen molar-refractivity contribution < 1.29 is 14.4 Å². The van der Waals surface area contributed by atoms with Crippen LogP contribution in [0.25, 0.3) is 0 Å². The van der Waals surface area contributed by atoms with Crippen LogP contribution in [0.3, 0.4) is 0 Å². The van der Waals surface area contributed by atoms with E-state index in [2.05, 4.69) is 17.6 Å².